The van der Waals surface area contributed by atoms with Crippen LogP contribution in [0.3, 0.4) is 0 Å². The smallest absolute Gasteiger partial charge is 0.231 e. The molecule has 1 atom stereocenters. The van der Waals surface area contributed by atoms with Crippen molar-refractivity contribution in [3.8, 4) is 11.5 Å². The molecule has 6 heteroatoms. The molecule has 1 N–H and O–H groups in total. The summed E-state index contributed by atoms with van der Waals surface area (Å²) in [6.45, 7) is 4.81. The number of rotatable bonds is 6. The number of pyridine rings is 1. The predicted octanol–water partition coefficient (Wildman–Crippen LogP) is 4.52. The van der Waals surface area contributed by atoms with E-state index in [0.717, 1.165) is 45.1 Å². The summed E-state index contributed by atoms with van der Waals surface area (Å²) in [4.78, 5) is 17.6. The molecule has 0 bridgehead atoms. The Bertz CT molecular complexity index is 1290. The molecular weight excluding hydrogens is 402 g/mol. The summed E-state index contributed by atoms with van der Waals surface area (Å²) in [7, 11) is 0. The second kappa shape index (κ2) is 8.38. The van der Waals surface area contributed by atoms with Gasteiger partial charge in [-0.1, -0.05) is 30.3 Å². The molecule has 5 rings (SSSR count). The molecule has 2 aromatic heterocycles. The number of ether oxygens (including phenoxy) is 2. The highest BCUT2D eigenvalue weighted by Gasteiger charge is 2.23. The lowest BCUT2D eigenvalue weighted by Gasteiger charge is -2.19. The van der Waals surface area contributed by atoms with Gasteiger partial charge in [0.25, 0.3) is 0 Å². The molecule has 162 valence electrons. The fourth-order valence-corrected chi connectivity index (χ4v) is 4.22. The molecule has 6 nitrogen and oxygen atoms in total. The van der Waals surface area contributed by atoms with Crippen LogP contribution in [0, 0.1) is 13.8 Å². The number of aromatic nitrogens is 2. The summed E-state index contributed by atoms with van der Waals surface area (Å²) < 4.78 is 12.9. The van der Waals surface area contributed by atoms with E-state index in [9.17, 15) is 4.79 Å². The van der Waals surface area contributed by atoms with Crippen molar-refractivity contribution < 1.29 is 14.3 Å². The first-order valence-corrected chi connectivity index (χ1v) is 10.7. The van der Waals surface area contributed by atoms with E-state index in [0.29, 0.717) is 13.0 Å². The minimum absolute atomic E-state index is 0.0158. The number of fused-ring (bicyclic) bond motifs is 2. The van der Waals surface area contributed by atoms with Gasteiger partial charge in [-0.15, -0.1) is 0 Å². The summed E-state index contributed by atoms with van der Waals surface area (Å²) in [5.41, 5.74) is 6.31. The Kier molecular flexibility index (Phi) is 5.27. The van der Waals surface area contributed by atoms with Gasteiger partial charge in [-0.2, -0.15) is 0 Å². The highest BCUT2D eigenvalue weighted by atomic mass is 16.7. The first kappa shape index (κ1) is 20.1. The Hall–Kier alpha value is -3.80. The van der Waals surface area contributed by atoms with Gasteiger partial charge in [-0.25, -0.2) is 4.98 Å². The molecule has 1 aliphatic rings. The molecule has 1 unspecified atom stereocenters. The van der Waals surface area contributed by atoms with Crippen LogP contribution in [0.1, 0.15) is 40.3 Å². The molecule has 3 heterocycles. The van der Waals surface area contributed by atoms with Crippen molar-refractivity contribution >= 4 is 11.6 Å². The van der Waals surface area contributed by atoms with Gasteiger partial charge in [-0.3, -0.25) is 4.79 Å². The Morgan fingerprint density at radius 1 is 1.09 bits per heavy atom. The molecule has 4 aromatic rings. The van der Waals surface area contributed by atoms with Crippen LogP contribution < -0.4 is 14.8 Å². The Labute approximate surface area is 186 Å². The lowest BCUT2D eigenvalue weighted by molar-refractivity contribution is -0.121. The van der Waals surface area contributed by atoms with Gasteiger partial charge in [0.05, 0.1) is 5.69 Å². The molecule has 0 saturated carbocycles. The Morgan fingerprint density at radius 2 is 1.94 bits per heavy atom. The maximum atomic E-state index is 13.0. The lowest BCUT2D eigenvalue weighted by atomic mass is 9.89. The number of nitrogens with zero attached hydrogens (tertiary/aromatic N) is 2. The average Bonchev–Trinajstić information content (AvgIpc) is 3.43. The number of benzene rings is 2. The molecule has 0 fully saturated rings. The topological polar surface area (TPSA) is 64.9 Å². The summed E-state index contributed by atoms with van der Waals surface area (Å²) in [5.74, 6) is 1.33. The monoisotopic (exact) mass is 427 g/mol. The highest BCUT2D eigenvalue weighted by molar-refractivity contribution is 5.77. The van der Waals surface area contributed by atoms with Gasteiger partial charge in [0.2, 0.25) is 12.7 Å². The van der Waals surface area contributed by atoms with Crippen LogP contribution >= 0.6 is 0 Å². The standard InChI is InChI=1S/C26H25N3O3/c1-17-9-10-29-22(15-27-25(29)11-17)21(20-6-4-3-5-18(20)2)13-26(30)28-14-19-7-8-23-24(12-19)32-16-31-23/h3-12,15,21H,13-14,16H2,1-2H3,(H,28,30). The Morgan fingerprint density at radius 3 is 2.81 bits per heavy atom. The van der Waals surface area contributed by atoms with Crippen LogP contribution in [-0.4, -0.2) is 22.1 Å². The van der Waals surface area contributed by atoms with Crippen molar-refractivity contribution in [2.75, 3.05) is 6.79 Å². The fraction of sp³-hybridized carbons (Fsp3) is 0.231. The van der Waals surface area contributed by atoms with Crippen LogP contribution in [0.5, 0.6) is 11.5 Å². The van der Waals surface area contributed by atoms with Gasteiger partial charge in [0.1, 0.15) is 5.65 Å². The van der Waals surface area contributed by atoms with Crippen LogP contribution in [0.2, 0.25) is 0 Å². The number of carbonyl (C=O) groups excluding carboxylic acids is 1. The molecular formula is C26H25N3O3. The minimum atomic E-state index is -0.106. The molecule has 1 aliphatic heterocycles. The molecule has 0 saturated heterocycles. The van der Waals surface area contributed by atoms with Gasteiger partial charge in [-0.05, 0) is 60.4 Å². The number of aryl methyl sites for hydroxylation is 2. The second-order valence-corrected chi connectivity index (χ2v) is 8.19. The van der Waals surface area contributed by atoms with Gasteiger partial charge < -0.3 is 19.2 Å². The van der Waals surface area contributed by atoms with Crippen molar-refractivity contribution in [2.45, 2.75) is 32.7 Å². The zero-order valence-corrected chi connectivity index (χ0v) is 18.2. The van der Waals surface area contributed by atoms with Gasteiger partial charge >= 0.3 is 0 Å². The maximum absolute atomic E-state index is 13.0. The highest BCUT2D eigenvalue weighted by Crippen LogP contribution is 2.33. The molecule has 0 aliphatic carbocycles. The number of amides is 1. The third kappa shape index (κ3) is 3.91. The van der Waals surface area contributed by atoms with E-state index >= 15 is 0 Å². The fourth-order valence-electron chi connectivity index (χ4n) is 4.22. The Balaban J connectivity index is 1.39. The number of nitrogens with one attached hydrogen (secondary N) is 1. The van der Waals surface area contributed by atoms with E-state index in [4.69, 9.17) is 9.47 Å². The van der Waals surface area contributed by atoms with E-state index in [1.165, 1.54) is 0 Å². The first-order chi connectivity index (χ1) is 15.6. The quantitative estimate of drug-likeness (QED) is 0.491. The predicted molar refractivity (Wildman–Crippen MR) is 122 cm³/mol. The summed E-state index contributed by atoms with van der Waals surface area (Å²) in [6.07, 6.45) is 4.25. The molecule has 0 spiro atoms. The zero-order chi connectivity index (χ0) is 22.1. The van der Waals surface area contributed by atoms with Gasteiger partial charge in [0, 0.05) is 31.3 Å². The molecule has 32 heavy (non-hydrogen) atoms. The van der Waals surface area contributed by atoms with Crippen LogP contribution in [0.15, 0.2) is 67.0 Å². The maximum Gasteiger partial charge on any atom is 0.231 e. The van der Waals surface area contributed by atoms with Crippen LogP contribution in [-0.2, 0) is 11.3 Å². The second-order valence-electron chi connectivity index (χ2n) is 8.19. The van der Waals surface area contributed by atoms with Crippen molar-refractivity contribution in [3.63, 3.8) is 0 Å². The largest absolute Gasteiger partial charge is 0.454 e. The zero-order valence-electron chi connectivity index (χ0n) is 18.2. The number of hydrogen-bond acceptors (Lipinski definition) is 4. The number of hydrogen-bond donors (Lipinski definition) is 1. The first-order valence-electron chi connectivity index (χ1n) is 10.7. The number of carbonyl (C=O) groups is 1. The minimum Gasteiger partial charge on any atom is -0.454 e. The van der Waals surface area contributed by atoms with Gasteiger partial charge in [0.15, 0.2) is 11.5 Å². The third-order valence-electron chi connectivity index (χ3n) is 5.93. The lowest BCUT2D eigenvalue weighted by Crippen LogP contribution is -2.25. The van der Waals surface area contributed by atoms with E-state index in [1.807, 2.05) is 42.7 Å². The van der Waals surface area contributed by atoms with E-state index in [2.05, 4.69) is 52.8 Å². The normalized spacial score (nSPS) is 13.3. The molecule has 0 radical (unpaired) electrons. The van der Waals surface area contributed by atoms with Crippen LogP contribution in [0.25, 0.3) is 5.65 Å². The SMILES string of the molecule is Cc1ccn2c(C(CC(=O)NCc3ccc4c(c3)OCO4)c3ccccc3C)cnc2c1. The summed E-state index contributed by atoms with van der Waals surface area (Å²) in [5, 5.41) is 3.06. The summed E-state index contributed by atoms with van der Waals surface area (Å²) in [6, 6.07) is 18.1. The summed E-state index contributed by atoms with van der Waals surface area (Å²) >= 11 is 0. The van der Waals surface area contributed by atoms with E-state index < -0.39 is 0 Å². The third-order valence-corrected chi connectivity index (χ3v) is 5.93. The van der Waals surface area contributed by atoms with Crippen molar-refractivity contribution in [2.24, 2.45) is 0 Å². The van der Waals surface area contributed by atoms with Crippen molar-refractivity contribution in [1.82, 2.24) is 14.7 Å². The van der Waals surface area contributed by atoms with Crippen molar-refractivity contribution in [1.29, 1.82) is 0 Å². The molecule has 1 amide bonds. The van der Waals surface area contributed by atoms with E-state index in [1.54, 1.807) is 0 Å². The van der Waals surface area contributed by atoms with E-state index in [-0.39, 0.29) is 18.6 Å². The number of imidazole rings is 1. The molecule has 2 aromatic carbocycles. The van der Waals surface area contributed by atoms with Crippen molar-refractivity contribution in [3.05, 3.63) is 94.9 Å². The van der Waals surface area contributed by atoms with Crippen LogP contribution in [0.4, 0.5) is 0 Å². The average molecular weight is 428 g/mol.